The van der Waals surface area contributed by atoms with Crippen LogP contribution in [0, 0.1) is 0 Å². The second-order valence-electron chi connectivity index (χ2n) is 4.73. The third kappa shape index (κ3) is 6.08. The summed E-state index contributed by atoms with van der Waals surface area (Å²) in [5, 5.41) is 2.70. The highest BCUT2D eigenvalue weighted by molar-refractivity contribution is 9.10. The number of thioether (sulfide) groups is 1. The molecule has 0 saturated carbocycles. The number of rotatable bonds is 6. The maximum atomic E-state index is 12.0. The first-order valence-electron chi connectivity index (χ1n) is 6.98. The number of nitrogens with one attached hydrogen (secondary N) is 1. The Balaban J connectivity index is 1.77. The Labute approximate surface area is 147 Å². The van der Waals surface area contributed by atoms with Gasteiger partial charge in [-0.15, -0.1) is 11.8 Å². The quantitative estimate of drug-likeness (QED) is 0.592. The van der Waals surface area contributed by atoms with Gasteiger partial charge in [0.2, 0.25) is 0 Å². The molecule has 0 saturated heterocycles. The van der Waals surface area contributed by atoms with Crippen molar-refractivity contribution in [2.45, 2.75) is 17.9 Å². The van der Waals surface area contributed by atoms with Gasteiger partial charge in [0.1, 0.15) is 0 Å². The third-order valence-corrected chi connectivity index (χ3v) is 4.40. The van der Waals surface area contributed by atoms with Crippen LogP contribution in [0.3, 0.4) is 0 Å². The Morgan fingerprint density at radius 2 is 1.78 bits per heavy atom. The van der Waals surface area contributed by atoms with Gasteiger partial charge in [-0.1, -0.05) is 34.1 Å². The molecule has 0 spiro atoms. The lowest BCUT2D eigenvalue weighted by Gasteiger charge is -2.13. The number of amides is 1. The summed E-state index contributed by atoms with van der Waals surface area (Å²) in [7, 11) is 0. The summed E-state index contributed by atoms with van der Waals surface area (Å²) in [6, 6.07) is 16.7. The highest BCUT2D eigenvalue weighted by Crippen LogP contribution is 2.20. The minimum absolute atomic E-state index is 0.157. The molecule has 120 valence electrons. The molecule has 4 nitrogen and oxygen atoms in total. The molecule has 0 aliphatic carbocycles. The van der Waals surface area contributed by atoms with Crippen LogP contribution in [0.2, 0.25) is 0 Å². The number of benzene rings is 2. The van der Waals surface area contributed by atoms with Crippen LogP contribution in [0.4, 0.5) is 5.69 Å². The molecular weight excluding hydrogens is 378 g/mol. The van der Waals surface area contributed by atoms with Gasteiger partial charge in [-0.25, -0.2) is 0 Å². The number of hydrogen-bond donors (Lipinski definition) is 1. The van der Waals surface area contributed by atoms with E-state index in [-0.39, 0.29) is 11.7 Å². The molecule has 2 rings (SSSR count). The number of carbonyl (C=O) groups excluding carboxylic acids is 2. The molecule has 0 unspecified atom stereocenters. The fourth-order valence-corrected chi connectivity index (χ4v) is 2.67. The smallest absolute Gasteiger partial charge is 0.317 e. The topological polar surface area (TPSA) is 55.4 Å². The number of hydrogen-bond acceptors (Lipinski definition) is 4. The zero-order chi connectivity index (χ0) is 16.7. The third-order valence-electron chi connectivity index (χ3n) is 2.89. The van der Waals surface area contributed by atoms with Gasteiger partial charge in [0.15, 0.2) is 6.10 Å². The largest absolute Gasteiger partial charge is 0.452 e. The fourth-order valence-electron chi connectivity index (χ4n) is 1.72. The number of para-hydroxylation sites is 1. The highest BCUT2D eigenvalue weighted by atomic mass is 79.9. The van der Waals surface area contributed by atoms with Gasteiger partial charge in [-0.2, -0.15) is 0 Å². The van der Waals surface area contributed by atoms with Crippen LogP contribution in [0.5, 0.6) is 0 Å². The van der Waals surface area contributed by atoms with Crippen molar-refractivity contribution in [3.63, 3.8) is 0 Å². The van der Waals surface area contributed by atoms with Crippen LogP contribution in [0.15, 0.2) is 64.0 Å². The lowest BCUT2D eigenvalue weighted by Crippen LogP contribution is -2.30. The van der Waals surface area contributed by atoms with Crippen molar-refractivity contribution >= 4 is 45.3 Å². The zero-order valence-corrected chi connectivity index (χ0v) is 14.9. The van der Waals surface area contributed by atoms with Crippen LogP contribution >= 0.6 is 27.7 Å². The van der Waals surface area contributed by atoms with Crippen LogP contribution in [0.1, 0.15) is 6.92 Å². The number of carbonyl (C=O) groups is 2. The molecule has 2 aromatic carbocycles. The Bertz CT molecular complexity index is 661. The Hall–Kier alpha value is -1.79. The van der Waals surface area contributed by atoms with Crippen LogP contribution in [0.25, 0.3) is 0 Å². The number of esters is 1. The molecule has 0 bridgehead atoms. The molecule has 1 amide bonds. The summed E-state index contributed by atoms with van der Waals surface area (Å²) >= 11 is 4.72. The molecule has 0 radical (unpaired) electrons. The van der Waals surface area contributed by atoms with Gasteiger partial charge in [-0.3, -0.25) is 9.59 Å². The molecule has 0 aliphatic heterocycles. The van der Waals surface area contributed by atoms with Crippen molar-refractivity contribution in [2.75, 3.05) is 11.1 Å². The predicted molar refractivity (Wildman–Crippen MR) is 95.5 cm³/mol. The van der Waals surface area contributed by atoms with E-state index in [1.54, 1.807) is 19.1 Å². The minimum atomic E-state index is -0.840. The van der Waals surface area contributed by atoms with E-state index in [0.717, 1.165) is 9.37 Å². The Kier molecular flexibility index (Phi) is 6.67. The molecule has 1 atom stereocenters. The van der Waals surface area contributed by atoms with E-state index in [9.17, 15) is 9.59 Å². The highest BCUT2D eigenvalue weighted by Gasteiger charge is 2.17. The van der Waals surface area contributed by atoms with Gasteiger partial charge >= 0.3 is 5.97 Å². The maximum Gasteiger partial charge on any atom is 0.317 e. The van der Waals surface area contributed by atoms with Crippen molar-refractivity contribution in [2.24, 2.45) is 0 Å². The predicted octanol–water partition coefficient (Wildman–Crippen LogP) is 4.11. The van der Waals surface area contributed by atoms with Crippen molar-refractivity contribution in [3.05, 3.63) is 59.1 Å². The summed E-state index contributed by atoms with van der Waals surface area (Å²) < 4.78 is 6.13. The Morgan fingerprint density at radius 3 is 2.43 bits per heavy atom. The van der Waals surface area contributed by atoms with Crippen LogP contribution < -0.4 is 5.32 Å². The van der Waals surface area contributed by atoms with E-state index in [4.69, 9.17) is 4.74 Å². The molecule has 6 heteroatoms. The van der Waals surface area contributed by atoms with E-state index in [1.165, 1.54) is 11.8 Å². The first-order valence-corrected chi connectivity index (χ1v) is 8.76. The van der Waals surface area contributed by atoms with Crippen molar-refractivity contribution < 1.29 is 14.3 Å². The van der Waals surface area contributed by atoms with E-state index >= 15 is 0 Å². The fraction of sp³-hybridized carbons (Fsp3) is 0.176. The molecule has 0 aromatic heterocycles. The zero-order valence-electron chi connectivity index (χ0n) is 12.5. The summed E-state index contributed by atoms with van der Waals surface area (Å²) in [4.78, 5) is 24.7. The molecule has 0 fully saturated rings. The van der Waals surface area contributed by atoms with Gasteiger partial charge < -0.3 is 10.1 Å². The lowest BCUT2D eigenvalue weighted by molar-refractivity contribution is -0.150. The molecule has 0 aliphatic rings. The van der Waals surface area contributed by atoms with E-state index in [1.807, 2.05) is 42.5 Å². The SMILES string of the molecule is C[C@@H](OC(=O)CSc1ccc(Br)cc1)C(=O)Nc1ccccc1. The average molecular weight is 394 g/mol. The number of anilines is 1. The number of ether oxygens (including phenoxy) is 1. The van der Waals surface area contributed by atoms with E-state index < -0.39 is 12.1 Å². The molecule has 0 heterocycles. The molecular formula is C17H16BrNO3S. The summed E-state index contributed by atoms with van der Waals surface area (Å²) in [6.07, 6.45) is -0.840. The van der Waals surface area contributed by atoms with Gasteiger partial charge in [0.25, 0.3) is 5.91 Å². The minimum Gasteiger partial charge on any atom is -0.452 e. The van der Waals surface area contributed by atoms with Crippen LogP contribution in [-0.2, 0) is 14.3 Å². The van der Waals surface area contributed by atoms with Gasteiger partial charge in [-0.05, 0) is 43.3 Å². The van der Waals surface area contributed by atoms with Crippen LogP contribution in [-0.4, -0.2) is 23.7 Å². The number of halogens is 1. The second kappa shape index (κ2) is 8.74. The second-order valence-corrected chi connectivity index (χ2v) is 6.69. The monoisotopic (exact) mass is 393 g/mol. The standard InChI is InChI=1S/C17H16BrNO3S/c1-12(17(21)19-14-5-3-2-4-6-14)22-16(20)11-23-15-9-7-13(18)8-10-15/h2-10,12H,11H2,1H3,(H,19,21)/t12-/m1/s1. The first-order chi connectivity index (χ1) is 11.0. The van der Waals surface area contributed by atoms with Crippen molar-refractivity contribution in [1.82, 2.24) is 0 Å². The average Bonchev–Trinajstić information content (AvgIpc) is 2.55. The van der Waals surface area contributed by atoms with Gasteiger partial charge in [0, 0.05) is 15.1 Å². The molecule has 1 N–H and O–H groups in total. The summed E-state index contributed by atoms with van der Waals surface area (Å²) in [6.45, 7) is 1.56. The maximum absolute atomic E-state index is 12.0. The molecule has 23 heavy (non-hydrogen) atoms. The molecule has 2 aromatic rings. The van der Waals surface area contributed by atoms with E-state index in [2.05, 4.69) is 21.2 Å². The first kappa shape index (κ1) is 17.6. The summed E-state index contributed by atoms with van der Waals surface area (Å²) in [5.74, 6) is -0.614. The lowest BCUT2D eigenvalue weighted by atomic mass is 10.3. The normalized spacial score (nSPS) is 11.6. The summed E-state index contributed by atoms with van der Waals surface area (Å²) in [5.41, 5.74) is 0.671. The van der Waals surface area contributed by atoms with Crippen molar-refractivity contribution in [3.8, 4) is 0 Å². The van der Waals surface area contributed by atoms with E-state index in [0.29, 0.717) is 5.69 Å². The Morgan fingerprint density at radius 1 is 1.13 bits per heavy atom. The van der Waals surface area contributed by atoms with Gasteiger partial charge in [0.05, 0.1) is 5.75 Å². The van der Waals surface area contributed by atoms with Crippen molar-refractivity contribution in [1.29, 1.82) is 0 Å².